The molecule has 0 spiro atoms. The first-order chi connectivity index (χ1) is 8.27. The van der Waals surface area contributed by atoms with Crippen LogP contribution in [0.15, 0.2) is 30.3 Å². The summed E-state index contributed by atoms with van der Waals surface area (Å²) in [6.45, 7) is 0.333. The fraction of sp³-hybridized carbons (Fsp3) is 0.385. The molecule has 4 nitrogen and oxygen atoms in total. The average molecular weight is 236 g/mol. The van der Waals surface area contributed by atoms with Crippen LogP contribution in [0.25, 0.3) is 0 Å². The Kier molecular flexibility index (Phi) is 5.96. The van der Waals surface area contributed by atoms with Crippen LogP contribution in [0.2, 0.25) is 0 Å². The maximum absolute atomic E-state index is 11.4. The molecule has 1 atom stereocenters. The maximum atomic E-state index is 11.4. The number of ether oxygens (including phenoxy) is 2. The molecule has 0 aliphatic carbocycles. The van der Waals surface area contributed by atoms with Crippen molar-refractivity contribution in [1.29, 1.82) is 0 Å². The van der Waals surface area contributed by atoms with Crippen molar-refractivity contribution in [2.24, 2.45) is 0 Å². The van der Waals surface area contributed by atoms with Gasteiger partial charge in [0.2, 0.25) is 0 Å². The number of rotatable bonds is 7. The van der Waals surface area contributed by atoms with Gasteiger partial charge in [0.15, 0.2) is 6.10 Å². The van der Waals surface area contributed by atoms with Crippen molar-refractivity contribution in [1.82, 2.24) is 0 Å². The number of benzene rings is 1. The van der Waals surface area contributed by atoms with E-state index in [0.717, 1.165) is 11.8 Å². The highest BCUT2D eigenvalue weighted by atomic mass is 16.6. The Morgan fingerprint density at radius 2 is 2.06 bits per heavy atom. The van der Waals surface area contributed by atoms with Crippen LogP contribution in [-0.2, 0) is 25.7 Å². The lowest BCUT2D eigenvalue weighted by atomic mass is 10.2. The van der Waals surface area contributed by atoms with Gasteiger partial charge in [-0.25, -0.2) is 4.79 Å². The molecule has 0 N–H and O–H groups in total. The third kappa shape index (κ3) is 4.78. The first-order valence-corrected chi connectivity index (χ1v) is 5.45. The molecule has 0 aromatic heterocycles. The van der Waals surface area contributed by atoms with E-state index in [-0.39, 0.29) is 6.42 Å². The van der Waals surface area contributed by atoms with Gasteiger partial charge in [-0.05, 0) is 12.0 Å². The Bertz CT molecular complexity index is 348. The number of carbonyl (C=O) groups is 2. The summed E-state index contributed by atoms with van der Waals surface area (Å²) in [4.78, 5) is 21.7. The number of hydrogen-bond donors (Lipinski definition) is 0. The fourth-order valence-electron chi connectivity index (χ4n) is 1.39. The predicted molar refractivity (Wildman–Crippen MR) is 62.3 cm³/mol. The maximum Gasteiger partial charge on any atom is 0.334 e. The molecule has 0 fully saturated rings. The molecule has 1 rings (SSSR count). The van der Waals surface area contributed by atoms with Crippen LogP contribution in [0, 0.1) is 0 Å². The molecular formula is C13H16O4. The summed E-state index contributed by atoms with van der Waals surface area (Å²) in [6, 6.07) is 9.53. The average Bonchev–Trinajstić information content (AvgIpc) is 2.39. The molecule has 0 saturated heterocycles. The minimum Gasteiger partial charge on any atom is -0.467 e. The molecule has 17 heavy (non-hydrogen) atoms. The number of methoxy groups -OCH3 is 1. The largest absolute Gasteiger partial charge is 0.467 e. The number of aldehydes is 1. The van der Waals surface area contributed by atoms with E-state index in [1.165, 1.54) is 7.11 Å². The zero-order valence-corrected chi connectivity index (χ0v) is 9.80. The van der Waals surface area contributed by atoms with E-state index in [4.69, 9.17) is 4.74 Å². The van der Waals surface area contributed by atoms with Crippen molar-refractivity contribution in [3.8, 4) is 0 Å². The second-order valence-electron chi connectivity index (χ2n) is 3.55. The lowest BCUT2D eigenvalue weighted by molar-refractivity contribution is -0.155. The van der Waals surface area contributed by atoms with E-state index in [9.17, 15) is 9.59 Å². The van der Waals surface area contributed by atoms with Crippen LogP contribution in [-0.4, -0.2) is 25.5 Å². The van der Waals surface area contributed by atoms with Gasteiger partial charge in [0, 0.05) is 6.42 Å². The standard InChI is InChI=1S/C13H16O4/c1-16-13(15)12(8-5-9-14)17-10-11-6-3-2-4-7-11/h2-4,6-7,9,12H,5,8,10H2,1H3. The SMILES string of the molecule is COC(=O)C(CCC=O)OCc1ccccc1. The summed E-state index contributed by atoms with van der Waals surface area (Å²) in [6.07, 6.45) is 0.727. The third-order valence-electron chi connectivity index (χ3n) is 2.30. The van der Waals surface area contributed by atoms with Crippen LogP contribution in [0.3, 0.4) is 0 Å². The molecule has 1 aromatic rings. The highest BCUT2D eigenvalue weighted by molar-refractivity contribution is 5.74. The van der Waals surface area contributed by atoms with Crippen LogP contribution < -0.4 is 0 Å². The van der Waals surface area contributed by atoms with E-state index in [2.05, 4.69) is 4.74 Å². The molecule has 0 bridgehead atoms. The van der Waals surface area contributed by atoms with Crippen LogP contribution in [0.5, 0.6) is 0 Å². The van der Waals surface area contributed by atoms with E-state index in [0.29, 0.717) is 13.0 Å². The highest BCUT2D eigenvalue weighted by Gasteiger charge is 2.19. The minimum atomic E-state index is -0.676. The van der Waals surface area contributed by atoms with Crippen molar-refractivity contribution in [3.05, 3.63) is 35.9 Å². The third-order valence-corrected chi connectivity index (χ3v) is 2.30. The van der Waals surface area contributed by atoms with Gasteiger partial charge in [-0.3, -0.25) is 0 Å². The number of esters is 1. The molecule has 92 valence electrons. The summed E-state index contributed by atoms with van der Waals surface area (Å²) in [5.41, 5.74) is 0.979. The molecule has 0 heterocycles. The van der Waals surface area contributed by atoms with Gasteiger partial charge in [0.1, 0.15) is 6.29 Å². The van der Waals surface area contributed by atoms with Crippen LogP contribution >= 0.6 is 0 Å². The molecule has 1 unspecified atom stereocenters. The Morgan fingerprint density at radius 1 is 1.35 bits per heavy atom. The van der Waals surface area contributed by atoms with Crippen molar-refractivity contribution < 1.29 is 19.1 Å². The van der Waals surface area contributed by atoms with Gasteiger partial charge in [-0.2, -0.15) is 0 Å². The first kappa shape index (κ1) is 13.4. The summed E-state index contributed by atoms with van der Waals surface area (Å²) in [7, 11) is 1.31. The minimum absolute atomic E-state index is 0.286. The second kappa shape index (κ2) is 7.57. The molecule has 0 radical (unpaired) electrons. The number of hydrogen-bond acceptors (Lipinski definition) is 4. The molecule has 0 saturated carbocycles. The van der Waals surface area contributed by atoms with Gasteiger partial charge < -0.3 is 14.3 Å². The normalized spacial score (nSPS) is 11.8. The molecule has 0 amide bonds. The van der Waals surface area contributed by atoms with Crippen LogP contribution in [0.4, 0.5) is 0 Å². The van der Waals surface area contributed by atoms with Crippen molar-refractivity contribution in [3.63, 3.8) is 0 Å². The summed E-state index contributed by atoms with van der Waals surface area (Å²) in [5, 5.41) is 0. The van der Waals surface area contributed by atoms with Gasteiger partial charge >= 0.3 is 5.97 Å². The Hall–Kier alpha value is -1.68. The first-order valence-electron chi connectivity index (χ1n) is 5.45. The quantitative estimate of drug-likeness (QED) is 0.534. The Balaban J connectivity index is 2.48. The zero-order chi connectivity index (χ0) is 12.5. The van der Waals surface area contributed by atoms with Crippen molar-refractivity contribution in [2.75, 3.05) is 7.11 Å². The summed E-state index contributed by atoms with van der Waals surface area (Å²) >= 11 is 0. The predicted octanol–water partition coefficient (Wildman–Crippen LogP) is 1.72. The monoisotopic (exact) mass is 236 g/mol. The van der Waals surface area contributed by atoms with E-state index in [1.807, 2.05) is 30.3 Å². The molecule has 4 heteroatoms. The van der Waals surface area contributed by atoms with Crippen molar-refractivity contribution in [2.45, 2.75) is 25.6 Å². The topological polar surface area (TPSA) is 52.6 Å². The van der Waals surface area contributed by atoms with Crippen LogP contribution in [0.1, 0.15) is 18.4 Å². The van der Waals surface area contributed by atoms with Gasteiger partial charge in [0.05, 0.1) is 13.7 Å². The molecule has 0 aliphatic heterocycles. The molecular weight excluding hydrogens is 220 g/mol. The van der Waals surface area contributed by atoms with Crippen molar-refractivity contribution >= 4 is 12.3 Å². The lowest BCUT2D eigenvalue weighted by Crippen LogP contribution is -2.25. The van der Waals surface area contributed by atoms with Gasteiger partial charge in [0.25, 0.3) is 0 Å². The second-order valence-corrected chi connectivity index (χ2v) is 3.55. The summed E-state index contributed by atoms with van der Waals surface area (Å²) < 4.78 is 10.1. The number of carbonyl (C=O) groups excluding carboxylic acids is 2. The fourth-order valence-corrected chi connectivity index (χ4v) is 1.39. The Labute approximate surface area is 101 Å². The summed E-state index contributed by atoms with van der Waals surface area (Å²) in [5.74, 6) is -0.442. The van der Waals surface area contributed by atoms with E-state index >= 15 is 0 Å². The van der Waals surface area contributed by atoms with E-state index < -0.39 is 12.1 Å². The van der Waals surface area contributed by atoms with Gasteiger partial charge in [-0.15, -0.1) is 0 Å². The lowest BCUT2D eigenvalue weighted by Gasteiger charge is -2.14. The van der Waals surface area contributed by atoms with E-state index in [1.54, 1.807) is 0 Å². The zero-order valence-electron chi connectivity index (χ0n) is 9.80. The Morgan fingerprint density at radius 3 is 2.65 bits per heavy atom. The molecule has 0 aliphatic rings. The molecule has 1 aromatic carbocycles. The highest BCUT2D eigenvalue weighted by Crippen LogP contribution is 2.08. The van der Waals surface area contributed by atoms with Gasteiger partial charge in [-0.1, -0.05) is 30.3 Å². The smallest absolute Gasteiger partial charge is 0.334 e.